The SMILES string of the molecule is CC(O)(C1CCCCCCCCC1)C1CCCCCCCC1. The van der Waals surface area contributed by atoms with Gasteiger partial charge in [0, 0.05) is 0 Å². The van der Waals surface area contributed by atoms with Crippen LogP contribution in [0.1, 0.15) is 116 Å². The van der Waals surface area contributed by atoms with Gasteiger partial charge in [0.25, 0.3) is 0 Å². The van der Waals surface area contributed by atoms with Gasteiger partial charge in [-0.3, -0.25) is 0 Å². The van der Waals surface area contributed by atoms with Gasteiger partial charge < -0.3 is 5.11 Å². The zero-order chi connectivity index (χ0) is 15.7. The van der Waals surface area contributed by atoms with E-state index in [0.29, 0.717) is 11.8 Å². The number of aliphatic hydroxyl groups is 1. The first-order chi connectivity index (χ1) is 10.7. The molecule has 130 valence electrons. The van der Waals surface area contributed by atoms with Gasteiger partial charge in [0.1, 0.15) is 0 Å². The molecule has 0 aromatic heterocycles. The molecule has 2 aliphatic rings. The van der Waals surface area contributed by atoms with E-state index in [9.17, 15) is 5.11 Å². The molecule has 0 heterocycles. The van der Waals surface area contributed by atoms with Gasteiger partial charge in [-0.2, -0.15) is 0 Å². The quantitative estimate of drug-likeness (QED) is 0.607. The summed E-state index contributed by atoms with van der Waals surface area (Å²) in [7, 11) is 0. The van der Waals surface area contributed by atoms with Crippen molar-refractivity contribution >= 4 is 0 Å². The molecule has 0 saturated heterocycles. The normalized spacial score (nSPS) is 28.1. The summed E-state index contributed by atoms with van der Waals surface area (Å²) in [6.45, 7) is 2.20. The minimum Gasteiger partial charge on any atom is -0.390 e. The van der Waals surface area contributed by atoms with Gasteiger partial charge in [0.2, 0.25) is 0 Å². The minimum absolute atomic E-state index is 0.413. The predicted molar refractivity (Wildman–Crippen MR) is 96.1 cm³/mol. The van der Waals surface area contributed by atoms with Gasteiger partial charge in [0.05, 0.1) is 5.60 Å². The molecule has 0 bridgehead atoms. The fourth-order valence-electron chi connectivity index (χ4n) is 4.94. The van der Waals surface area contributed by atoms with E-state index in [1.807, 2.05) is 0 Å². The lowest BCUT2D eigenvalue weighted by Gasteiger charge is -2.40. The van der Waals surface area contributed by atoms with Crippen molar-refractivity contribution in [2.24, 2.45) is 11.8 Å². The zero-order valence-corrected chi connectivity index (χ0v) is 15.1. The third-order valence-electron chi connectivity index (χ3n) is 6.61. The number of hydrogen-bond acceptors (Lipinski definition) is 1. The maximum absolute atomic E-state index is 11.5. The van der Waals surface area contributed by atoms with Crippen molar-refractivity contribution in [3.63, 3.8) is 0 Å². The Morgan fingerprint density at radius 3 is 1.00 bits per heavy atom. The molecule has 1 nitrogen and oxygen atoms in total. The van der Waals surface area contributed by atoms with Crippen molar-refractivity contribution in [1.29, 1.82) is 0 Å². The van der Waals surface area contributed by atoms with E-state index in [0.717, 1.165) is 0 Å². The molecule has 1 heteroatoms. The van der Waals surface area contributed by atoms with E-state index < -0.39 is 5.60 Å². The van der Waals surface area contributed by atoms with E-state index in [2.05, 4.69) is 6.92 Å². The molecule has 0 aliphatic heterocycles. The van der Waals surface area contributed by atoms with Crippen LogP contribution in [0.15, 0.2) is 0 Å². The second-order valence-corrected chi connectivity index (χ2v) is 8.37. The van der Waals surface area contributed by atoms with E-state index in [-0.39, 0.29) is 0 Å². The minimum atomic E-state index is -0.413. The summed E-state index contributed by atoms with van der Waals surface area (Å²) in [6.07, 6.45) is 23.1. The summed E-state index contributed by atoms with van der Waals surface area (Å²) in [5.41, 5.74) is -0.413. The second kappa shape index (κ2) is 9.96. The molecule has 1 unspecified atom stereocenters. The Balaban J connectivity index is 1.96. The maximum Gasteiger partial charge on any atom is 0.0675 e. The van der Waals surface area contributed by atoms with Gasteiger partial charge in [-0.25, -0.2) is 0 Å². The van der Waals surface area contributed by atoms with Crippen LogP contribution in [0.25, 0.3) is 0 Å². The van der Waals surface area contributed by atoms with Crippen molar-refractivity contribution in [3.8, 4) is 0 Å². The van der Waals surface area contributed by atoms with Gasteiger partial charge >= 0.3 is 0 Å². The van der Waals surface area contributed by atoms with E-state index in [4.69, 9.17) is 0 Å². The van der Waals surface area contributed by atoms with Crippen LogP contribution in [0.3, 0.4) is 0 Å². The fraction of sp³-hybridized carbons (Fsp3) is 1.00. The largest absolute Gasteiger partial charge is 0.390 e. The van der Waals surface area contributed by atoms with Crippen LogP contribution in [-0.2, 0) is 0 Å². The second-order valence-electron chi connectivity index (χ2n) is 8.37. The van der Waals surface area contributed by atoms with Crippen molar-refractivity contribution < 1.29 is 5.11 Å². The molecule has 1 atom stereocenters. The number of rotatable bonds is 2. The molecular formula is C21H40O. The van der Waals surface area contributed by atoms with Crippen molar-refractivity contribution in [3.05, 3.63) is 0 Å². The predicted octanol–water partition coefficient (Wildman–Crippen LogP) is 6.63. The summed E-state index contributed by atoms with van der Waals surface area (Å²) < 4.78 is 0. The third-order valence-corrected chi connectivity index (χ3v) is 6.61. The Kier molecular flexibility index (Phi) is 8.28. The Hall–Kier alpha value is -0.0400. The highest BCUT2D eigenvalue weighted by Crippen LogP contribution is 2.40. The monoisotopic (exact) mass is 308 g/mol. The lowest BCUT2D eigenvalue weighted by molar-refractivity contribution is -0.0679. The average molecular weight is 309 g/mol. The number of hydrogen-bond donors (Lipinski definition) is 1. The molecule has 2 rings (SSSR count). The summed E-state index contributed by atoms with van der Waals surface area (Å²) in [4.78, 5) is 0. The fourth-order valence-corrected chi connectivity index (χ4v) is 4.94. The van der Waals surface area contributed by atoms with Gasteiger partial charge in [0.15, 0.2) is 0 Å². The van der Waals surface area contributed by atoms with Gasteiger partial charge in [-0.1, -0.05) is 83.5 Å². The van der Waals surface area contributed by atoms with Crippen LogP contribution in [-0.4, -0.2) is 10.7 Å². The summed E-state index contributed by atoms with van der Waals surface area (Å²) in [6, 6.07) is 0. The highest BCUT2D eigenvalue weighted by atomic mass is 16.3. The lowest BCUT2D eigenvalue weighted by atomic mass is 9.70. The molecule has 22 heavy (non-hydrogen) atoms. The van der Waals surface area contributed by atoms with Gasteiger partial charge in [-0.05, 0) is 44.4 Å². The molecule has 0 amide bonds. The molecule has 0 aromatic carbocycles. The Morgan fingerprint density at radius 1 is 0.500 bits per heavy atom. The molecule has 2 aliphatic carbocycles. The van der Waals surface area contributed by atoms with E-state index >= 15 is 0 Å². The molecule has 0 radical (unpaired) electrons. The maximum atomic E-state index is 11.5. The van der Waals surface area contributed by atoms with Gasteiger partial charge in [-0.15, -0.1) is 0 Å². The summed E-state index contributed by atoms with van der Waals surface area (Å²) in [5.74, 6) is 1.11. The van der Waals surface area contributed by atoms with Crippen LogP contribution in [0.2, 0.25) is 0 Å². The Morgan fingerprint density at radius 2 is 0.727 bits per heavy atom. The first kappa shape index (κ1) is 18.3. The van der Waals surface area contributed by atoms with Crippen LogP contribution in [0.4, 0.5) is 0 Å². The van der Waals surface area contributed by atoms with Crippen LogP contribution in [0.5, 0.6) is 0 Å². The molecule has 1 N–H and O–H groups in total. The first-order valence-electron chi connectivity index (χ1n) is 10.4. The van der Waals surface area contributed by atoms with Crippen LogP contribution >= 0.6 is 0 Å². The Bertz CT molecular complexity index is 264. The third kappa shape index (κ3) is 5.87. The highest BCUT2D eigenvalue weighted by Gasteiger charge is 2.38. The highest BCUT2D eigenvalue weighted by molar-refractivity contribution is 4.89. The molecule has 0 aromatic rings. The smallest absolute Gasteiger partial charge is 0.0675 e. The molecule has 2 fully saturated rings. The molecular weight excluding hydrogens is 268 g/mol. The van der Waals surface area contributed by atoms with E-state index in [1.165, 1.54) is 109 Å². The van der Waals surface area contributed by atoms with E-state index in [1.54, 1.807) is 0 Å². The Labute approximate surface area is 139 Å². The topological polar surface area (TPSA) is 20.2 Å². The van der Waals surface area contributed by atoms with Crippen LogP contribution < -0.4 is 0 Å². The standard InChI is InChI=1S/C21H40O/c1-21(22,20-17-13-9-5-6-10-14-18-20)19-15-11-7-3-2-4-8-12-16-19/h19-20,22H,2-18H2,1H3. The summed E-state index contributed by atoms with van der Waals surface area (Å²) in [5, 5.41) is 11.5. The molecule has 0 spiro atoms. The lowest BCUT2D eigenvalue weighted by Crippen LogP contribution is -2.42. The van der Waals surface area contributed by atoms with Crippen molar-refractivity contribution in [2.75, 3.05) is 0 Å². The zero-order valence-electron chi connectivity index (χ0n) is 15.1. The van der Waals surface area contributed by atoms with Crippen molar-refractivity contribution in [1.82, 2.24) is 0 Å². The molecule has 2 saturated carbocycles. The van der Waals surface area contributed by atoms with Crippen LogP contribution in [0, 0.1) is 11.8 Å². The first-order valence-corrected chi connectivity index (χ1v) is 10.4. The van der Waals surface area contributed by atoms with Crippen molar-refractivity contribution in [2.45, 2.75) is 122 Å². The average Bonchev–Trinajstić information content (AvgIpc) is 2.66. The summed E-state index contributed by atoms with van der Waals surface area (Å²) >= 11 is 0.